The zero-order valence-electron chi connectivity index (χ0n) is 27.2. The molecule has 7 aromatic carbocycles. The van der Waals surface area contributed by atoms with E-state index in [-0.39, 0.29) is 0 Å². The maximum Gasteiger partial charge on any atom is 0.0460 e. The molecule has 7 aromatic rings. The van der Waals surface area contributed by atoms with Crippen LogP contribution in [0.4, 0.5) is 22.7 Å². The molecule has 0 aromatic heterocycles. The summed E-state index contributed by atoms with van der Waals surface area (Å²) in [4.78, 5) is 2.37. The minimum atomic E-state index is 0.825. The molecule has 0 saturated heterocycles. The van der Waals surface area contributed by atoms with Crippen LogP contribution >= 0.6 is 0 Å². The van der Waals surface area contributed by atoms with E-state index in [0.717, 1.165) is 29.2 Å². The van der Waals surface area contributed by atoms with Crippen molar-refractivity contribution >= 4 is 28.3 Å². The highest BCUT2D eigenvalue weighted by Crippen LogP contribution is 2.40. The Labute approximate surface area is 289 Å². The van der Waals surface area contributed by atoms with Crippen LogP contribution in [0.25, 0.3) is 39.0 Å². The highest BCUT2D eigenvalue weighted by molar-refractivity contribution is 5.85. The number of hydrogen-bond acceptors (Lipinski definition) is 2. The normalized spacial score (nSPS) is 12.2. The molecule has 0 unspecified atom stereocenters. The fourth-order valence-corrected chi connectivity index (χ4v) is 6.60. The number of anilines is 4. The van der Waals surface area contributed by atoms with Crippen molar-refractivity contribution in [2.24, 2.45) is 0 Å². The summed E-state index contributed by atoms with van der Waals surface area (Å²) in [6.45, 7) is 0. The van der Waals surface area contributed by atoms with E-state index in [9.17, 15) is 0 Å². The molecule has 0 atom stereocenters. The average Bonchev–Trinajstić information content (AvgIpc) is 3.66. The predicted molar refractivity (Wildman–Crippen MR) is 208 cm³/mol. The molecular formula is C47H36N2. The first kappa shape index (κ1) is 30.0. The summed E-state index contributed by atoms with van der Waals surface area (Å²) in [5.74, 6) is 0. The number of benzene rings is 7. The SMILES string of the molecule is C1=C(c2ccccc2Nc2ccc(-c3ccc(-c4ccccc4)cc3)cc2)CC(N(c2ccccc2)c2ccc(-c3ccccc3)cc2)=C1. The summed E-state index contributed by atoms with van der Waals surface area (Å²) in [5.41, 5.74) is 15.5. The van der Waals surface area contributed by atoms with E-state index in [1.165, 1.54) is 50.2 Å². The van der Waals surface area contributed by atoms with Gasteiger partial charge < -0.3 is 10.2 Å². The molecule has 1 aliphatic carbocycles. The van der Waals surface area contributed by atoms with Gasteiger partial charge in [0.25, 0.3) is 0 Å². The fourth-order valence-electron chi connectivity index (χ4n) is 6.60. The molecule has 0 heterocycles. The van der Waals surface area contributed by atoms with Gasteiger partial charge in [0.2, 0.25) is 0 Å². The Morgan fingerprint density at radius 1 is 0.367 bits per heavy atom. The van der Waals surface area contributed by atoms with Crippen molar-refractivity contribution in [1.29, 1.82) is 0 Å². The Morgan fingerprint density at radius 2 is 0.796 bits per heavy atom. The Hall–Kier alpha value is -6.38. The molecule has 234 valence electrons. The van der Waals surface area contributed by atoms with E-state index in [2.05, 4.69) is 210 Å². The second-order valence-corrected chi connectivity index (χ2v) is 12.3. The second kappa shape index (κ2) is 13.8. The van der Waals surface area contributed by atoms with Gasteiger partial charge in [0.1, 0.15) is 0 Å². The first-order chi connectivity index (χ1) is 24.3. The largest absolute Gasteiger partial charge is 0.355 e. The van der Waals surface area contributed by atoms with Crippen molar-refractivity contribution in [3.8, 4) is 33.4 Å². The van der Waals surface area contributed by atoms with Crippen LogP contribution in [0.2, 0.25) is 0 Å². The molecule has 0 bridgehead atoms. The molecule has 8 rings (SSSR count). The molecule has 2 nitrogen and oxygen atoms in total. The van der Waals surface area contributed by atoms with Crippen LogP contribution in [0.5, 0.6) is 0 Å². The molecule has 0 fully saturated rings. The minimum Gasteiger partial charge on any atom is -0.355 e. The molecule has 2 heteroatoms. The number of nitrogens with one attached hydrogen (secondary N) is 1. The van der Waals surface area contributed by atoms with Gasteiger partial charge in [-0.3, -0.25) is 0 Å². The first-order valence-electron chi connectivity index (χ1n) is 16.8. The van der Waals surface area contributed by atoms with Crippen LogP contribution < -0.4 is 10.2 Å². The third-order valence-corrected chi connectivity index (χ3v) is 9.14. The molecule has 0 spiro atoms. The third-order valence-electron chi connectivity index (χ3n) is 9.14. The summed E-state index contributed by atoms with van der Waals surface area (Å²) in [5, 5.41) is 3.71. The number of rotatable bonds is 9. The van der Waals surface area contributed by atoms with Crippen LogP contribution in [0.15, 0.2) is 206 Å². The van der Waals surface area contributed by atoms with Crippen molar-refractivity contribution in [3.05, 3.63) is 211 Å². The summed E-state index contributed by atoms with van der Waals surface area (Å²) < 4.78 is 0. The lowest BCUT2D eigenvalue weighted by atomic mass is 10.00. The van der Waals surface area contributed by atoms with Gasteiger partial charge in [-0.25, -0.2) is 0 Å². The maximum absolute atomic E-state index is 3.71. The zero-order valence-corrected chi connectivity index (χ0v) is 27.2. The third kappa shape index (κ3) is 6.58. The molecule has 0 radical (unpaired) electrons. The second-order valence-electron chi connectivity index (χ2n) is 12.3. The van der Waals surface area contributed by atoms with E-state index in [1.807, 2.05) is 0 Å². The number of nitrogens with zero attached hydrogens (tertiary/aromatic N) is 1. The Bertz CT molecular complexity index is 2220. The van der Waals surface area contributed by atoms with Crippen LogP contribution in [0, 0.1) is 0 Å². The zero-order chi connectivity index (χ0) is 32.8. The number of allylic oxidation sites excluding steroid dienone is 3. The molecule has 0 amide bonds. The fraction of sp³-hybridized carbons (Fsp3) is 0.0213. The van der Waals surface area contributed by atoms with Crippen molar-refractivity contribution in [2.75, 3.05) is 10.2 Å². The van der Waals surface area contributed by atoms with Gasteiger partial charge in [0, 0.05) is 40.4 Å². The Morgan fingerprint density at radius 3 is 1.37 bits per heavy atom. The highest BCUT2D eigenvalue weighted by atomic mass is 15.1. The molecule has 0 aliphatic heterocycles. The predicted octanol–water partition coefficient (Wildman–Crippen LogP) is 12.9. The monoisotopic (exact) mass is 628 g/mol. The maximum atomic E-state index is 3.71. The smallest absolute Gasteiger partial charge is 0.0460 e. The summed E-state index contributed by atoms with van der Waals surface area (Å²) in [7, 11) is 0. The lowest BCUT2D eigenvalue weighted by Gasteiger charge is -2.27. The van der Waals surface area contributed by atoms with Gasteiger partial charge in [0.15, 0.2) is 0 Å². The van der Waals surface area contributed by atoms with Crippen molar-refractivity contribution in [2.45, 2.75) is 6.42 Å². The van der Waals surface area contributed by atoms with Gasteiger partial charge in [-0.05, 0) is 87.5 Å². The van der Waals surface area contributed by atoms with Crippen LogP contribution in [-0.2, 0) is 0 Å². The Balaban J connectivity index is 0.997. The summed E-state index contributed by atoms with van der Waals surface area (Å²) >= 11 is 0. The molecule has 49 heavy (non-hydrogen) atoms. The lowest BCUT2D eigenvalue weighted by molar-refractivity contribution is 1.11. The van der Waals surface area contributed by atoms with Crippen LogP contribution in [0.3, 0.4) is 0 Å². The molecule has 1 N–H and O–H groups in total. The molecular weight excluding hydrogens is 593 g/mol. The van der Waals surface area contributed by atoms with E-state index in [0.29, 0.717) is 0 Å². The molecule has 1 aliphatic rings. The summed E-state index contributed by atoms with van der Waals surface area (Å²) in [6.07, 6.45) is 5.36. The first-order valence-corrected chi connectivity index (χ1v) is 16.8. The van der Waals surface area contributed by atoms with Gasteiger partial charge in [-0.2, -0.15) is 0 Å². The topological polar surface area (TPSA) is 15.3 Å². The van der Waals surface area contributed by atoms with E-state index in [1.54, 1.807) is 0 Å². The van der Waals surface area contributed by atoms with Gasteiger partial charge in [-0.15, -0.1) is 0 Å². The average molecular weight is 629 g/mol. The molecule has 0 saturated carbocycles. The van der Waals surface area contributed by atoms with Crippen LogP contribution in [-0.4, -0.2) is 0 Å². The summed E-state index contributed by atoms with van der Waals surface area (Å²) in [6, 6.07) is 66.7. The lowest BCUT2D eigenvalue weighted by Crippen LogP contribution is -2.15. The van der Waals surface area contributed by atoms with E-state index >= 15 is 0 Å². The van der Waals surface area contributed by atoms with E-state index < -0.39 is 0 Å². The quantitative estimate of drug-likeness (QED) is 0.171. The van der Waals surface area contributed by atoms with Crippen molar-refractivity contribution < 1.29 is 0 Å². The Kier molecular flexibility index (Phi) is 8.43. The van der Waals surface area contributed by atoms with Gasteiger partial charge in [0.05, 0.1) is 0 Å². The van der Waals surface area contributed by atoms with Gasteiger partial charge in [-0.1, -0.05) is 152 Å². The van der Waals surface area contributed by atoms with E-state index in [4.69, 9.17) is 0 Å². The number of para-hydroxylation sites is 2. The van der Waals surface area contributed by atoms with Gasteiger partial charge >= 0.3 is 0 Å². The van der Waals surface area contributed by atoms with Crippen molar-refractivity contribution in [1.82, 2.24) is 0 Å². The number of hydrogen-bond donors (Lipinski definition) is 1. The van der Waals surface area contributed by atoms with Crippen LogP contribution in [0.1, 0.15) is 12.0 Å². The standard InChI is InChI=1S/C47H36N2/c1-4-12-35(13-5-1)37-20-22-38(23-21-37)39-24-29-42(30-25-39)48-47-19-11-10-18-46(47)41-28-33-45(34-41)49(43-16-8-3-9-17-43)44-31-26-40(27-32-44)36-14-6-2-7-15-36/h1-33,48H,34H2. The minimum absolute atomic E-state index is 0.825. The highest BCUT2D eigenvalue weighted by Gasteiger charge is 2.21. The van der Waals surface area contributed by atoms with Crippen molar-refractivity contribution in [3.63, 3.8) is 0 Å².